The van der Waals surface area contributed by atoms with Crippen molar-refractivity contribution in [2.75, 3.05) is 5.32 Å². The number of amides is 1. The summed E-state index contributed by atoms with van der Waals surface area (Å²) in [6.45, 7) is 0. The summed E-state index contributed by atoms with van der Waals surface area (Å²) in [7, 11) is 1.75. The van der Waals surface area contributed by atoms with E-state index in [1.165, 1.54) is 0 Å². The third kappa shape index (κ3) is 3.11. The largest absolute Gasteiger partial charge is 0.324 e. The van der Waals surface area contributed by atoms with Gasteiger partial charge in [-0.2, -0.15) is 10.4 Å². The molecule has 2 aromatic carbocycles. The molecule has 1 amide bonds. The molecule has 6 nitrogen and oxygen atoms in total. The second kappa shape index (κ2) is 7.39. The van der Waals surface area contributed by atoms with Gasteiger partial charge in [0, 0.05) is 39.5 Å². The first-order chi connectivity index (χ1) is 14.0. The number of benzene rings is 2. The number of thioether (sulfide) groups is 1. The molecule has 8 heteroatoms. The van der Waals surface area contributed by atoms with Gasteiger partial charge in [0.2, 0.25) is 5.41 Å². The third-order valence-electron chi connectivity index (χ3n) is 4.85. The summed E-state index contributed by atoms with van der Waals surface area (Å²) in [5, 5.41) is 17.5. The summed E-state index contributed by atoms with van der Waals surface area (Å²) in [6, 6.07) is 16.2. The Morgan fingerprint density at radius 3 is 2.72 bits per heavy atom. The molecule has 2 heterocycles. The van der Waals surface area contributed by atoms with Gasteiger partial charge in [-0.15, -0.1) is 11.8 Å². The highest BCUT2D eigenvalue weighted by Crippen LogP contribution is 2.44. The first-order valence-electron chi connectivity index (χ1n) is 8.73. The molecule has 0 aliphatic carbocycles. The fraction of sp³-hybridized carbons (Fsp3) is 0.143. The van der Waals surface area contributed by atoms with Crippen LogP contribution in [0.25, 0.3) is 11.3 Å². The zero-order valence-electron chi connectivity index (χ0n) is 15.3. The Hall–Kier alpha value is -3.08. The molecule has 0 saturated carbocycles. The molecule has 3 aromatic rings. The lowest BCUT2D eigenvalue weighted by atomic mass is 9.83. The molecule has 1 N–H and O–H groups in total. The smallest absolute Gasteiger partial charge is 0.258 e. The summed E-state index contributed by atoms with van der Waals surface area (Å²) in [6.07, 6.45) is 0.367. The van der Waals surface area contributed by atoms with E-state index in [-0.39, 0.29) is 5.69 Å². The Kier molecular flexibility index (Phi) is 4.91. The van der Waals surface area contributed by atoms with Crippen LogP contribution < -0.4 is 5.32 Å². The van der Waals surface area contributed by atoms with Gasteiger partial charge in [0.05, 0.1) is 11.8 Å². The van der Waals surface area contributed by atoms with E-state index >= 15 is 0 Å². The molecule has 0 radical (unpaired) electrons. The monoisotopic (exact) mass is 422 g/mol. The molecule has 144 valence electrons. The number of carbonyl (C=O) groups excluding carboxylic acids is 2. The Labute approximate surface area is 176 Å². The predicted octanol–water partition coefficient (Wildman–Crippen LogP) is 3.95. The van der Waals surface area contributed by atoms with Crippen molar-refractivity contribution in [2.24, 2.45) is 7.05 Å². The average Bonchev–Trinajstić information content (AvgIpc) is 3.08. The maximum absolute atomic E-state index is 13.1. The summed E-state index contributed by atoms with van der Waals surface area (Å²) in [4.78, 5) is 26.3. The Morgan fingerprint density at radius 1 is 1.31 bits per heavy atom. The van der Waals surface area contributed by atoms with E-state index in [9.17, 15) is 14.9 Å². The third-order valence-corrected chi connectivity index (χ3v) is 6.20. The zero-order chi connectivity index (χ0) is 20.6. The van der Waals surface area contributed by atoms with Gasteiger partial charge < -0.3 is 10.1 Å². The average molecular weight is 423 g/mol. The summed E-state index contributed by atoms with van der Waals surface area (Å²) in [5.41, 5.74) is 1.05. The topological polar surface area (TPSA) is 87.8 Å². The molecular formula is C21H15ClN4O2S. The fourth-order valence-electron chi connectivity index (χ4n) is 3.41. The van der Waals surface area contributed by atoms with Crippen molar-refractivity contribution < 1.29 is 9.59 Å². The van der Waals surface area contributed by atoms with Crippen LogP contribution in [-0.2, 0) is 27.8 Å². The second-order valence-electron chi connectivity index (χ2n) is 6.58. The number of fused-ring (bicyclic) bond motifs is 3. The maximum atomic E-state index is 13.1. The number of nitrogens with one attached hydrogen (secondary N) is 1. The molecule has 0 bridgehead atoms. The first kappa shape index (κ1) is 19.2. The standard InChI is InChI=1S/C21H15ClN4O2S/c1-26-18-15-4-2-3-5-17(15)29-10-16(18)19(25-26)21(11-23,12-27)20(28)24-14-8-6-13(22)7-9-14/h2-9,12H,10H2,1H3,(H,24,28). The number of anilines is 1. The van der Waals surface area contributed by atoms with Gasteiger partial charge in [-0.1, -0.05) is 29.8 Å². The fourth-order valence-corrected chi connectivity index (χ4v) is 4.60. The maximum Gasteiger partial charge on any atom is 0.258 e. The first-order valence-corrected chi connectivity index (χ1v) is 10.1. The second-order valence-corrected chi connectivity index (χ2v) is 8.04. The summed E-state index contributed by atoms with van der Waals surface area (Å²) in [5.74, 6) is -0.233. The minimum atomic E-state index is -2.06. The van der Waals surface area contributed by atoms with E-state index < -0.39 is 11.3 Å². The van der Waals surface area contributed by atoms with E-state index in [1.807, 2.05) is 30.3 Å². The number of aryl methyl sites for hydroxylation is 1. The minimum Gasteiger partial charge on any atom is -0.324 e. The highest BCUT2D eigenvalue weighted by atomic mass is 35.5. The van der Waals surface area contributed by atoms with Crippen LogP contribution in [0.4, 0.5) is 5.69 Å². The SMILES string of the molecule is Cn1nc(C(C#N)(C=O)C(=O)Nc2ccc(Cl)cc2)c2c1-c1ccccc1SC2. The number of halogens is 1. The van der Waals surface area contributed by atoms with E-state index in [2.05, 4.69) is 10.4 Å². The highest BCUT2D eigenvalue weighted by Gasteiger charge is 2.47. The Bertz CT molecular complexity index is 1170. The Morgan fingerprint density at radius 2 is 2.03 bits per heavy atom. The highest BCUT2D eigenvalue weighted by molar-refractivity contribution is 7.98. The number of nitriles is 1. The van der Waals surface area contributed by atoms with Crippen LogP contribution in [0.3, 0.4) is 0 Å². The van der Waals surface area contributed by atoms with Gasteiger partial charge in [0.1, 0.15) is 5.69 Å². The van der Waals surface area contributed by atoms with E-state index in [0.717, 1.165) is 21.7 Å². The van der Waals surface area contributed by atoms with Crippen LogP contribution in [0, 0.1) is 11.3 Å². The van der Waals surface area contributed by atoms with Crippen molar-refractivity contribution in [3.05, 3.63) is 64.8 Å². The molecule has 1 aromatic heterocycles. The predicted molar refractivity (Wildman–Crippen MR) is 112 cm³/mol. The van der Waals surface area contributed by atoms with Gasteiger partial charge in [-0.25, -0.2) is 0 Å². The number of hydrogen-bond acceptors (Lipinski definition) is 5. The van der Waals surface area contributed by atoms with Crippen LogP contribution in [0.15, 0.2) is 53.4 Å². The van der Waals surface area contributed by atoms with Crippen molar-refractivity contribution in [1.82, 2.24) is 9.78 Å². The van der Waals surface area contributed by atoms with Gasteiger partial charge in [-0.3, -0.25) is 9.48 Å². The van der Waals surface area contributed by atoms with Crippen LogP contribution >= 0.6 is 23.4 Å². The molecule has 29 heavy (non-hydrogen) atoms. The number of aldehydes is 1. The quantitative estimate of drug-likeness (QED) is 0.508. The van der Waals surface area contributed by atoms with Gasteiger partial charge in [0.25, 0.3) is 5.91 Å². The van der Waals surface area contributed by atoms with Gasteiger partial charge in [0.15, 0.2) is 6.29 Å². The lowest BCUT2D eigenvalue weighted by Gasteiger charge is -2.21. The van der Waals surface area contributed by atoms with Crippen molar-refractivity contribution >= 4 is 41.2 Å². The molecule has 1 aliphatic rings. The number of nitrogens with zero attached hydrogens (tertiary/aromatic N) is 3. The Balaban J connectivity index is 1.81. The summed E-state index contributed by atoms with van der Waals surface area (Å²) < 4.78 is 1.63. The molecule has 1 unspecified atom stereocenters. The van der Waals surface area contributed by atoms with Crippen LogP contribution in [0.5, 0.6) is 0 Å². The van der Waals surface area contributed by atoms with E-state index in [0.29, 0.717) is 22.7 Å². The number of aromatic nitrogens is 2. The van der Waals surface area contributed by atoms with Gasteiger partial charge >= 0.3 is 0 Å². The van der Waals surface area contributed by atoms with Crippen molar-refractivity contribution in [3.8, 4) is 17.3 Å². The van der Waals surface area contributed by atoms with E-state index in [4.69, 9.17) is 11.6 Å². The van der Waals surface area contributed by atoms with E-state index in [1.54, 1.807) is 47.8 Å². The van der Waals surface area contributed by atoms with Crippen LogP contribution in [0.1, 0.15) is 11.3 Å². The van der Waals surface area contributed by atoms with Crippen molar-refractivity contribution in [1.29, 1.82) is 5.26 Å². The molecule has 0 spiro atoms. The van der Waals surface area contributed by atoms with Crippen LogP contribution in [-0.4, -0.2) is 22.0 Å². The number of carbonyl (C=O) groups is 2. The zero-order valence-corrected chi connectivity index (χ0v) is 16.9. The lowest BCUT2D eigenvalue weighted by molar-refractivity contribution is -0.125. The lowest BCUT2D eigenvalue weighted by Crippen LogP contribution is -2.42. The van der Waals surface area contributed by atoms with Crippen LogP contribution in [0.2, 0.25) is 5.02 Å². The normalized spacial score (nSPS) is 14.1. The molecule has 1 atom stereocenters. The minimum absolute atomic E-state index is 0.168. The van der Waals surface area contributed by atoms with Crippen molar-refractivity contribution in [2.45, 2.75) is 16.1 Å². The van der Waals surface area contributed by atoms with Gasteiger partial charge in [-0.05, 0) is 30.3 Å². The molecular weight excluding hydrogens is 408 g/mol. The number of hydrogen-bond donors (Lipinski definition) is 1. The summed E-state index contributed by atoms with van der Waals surface area (Å²) >= 11 is 7.46. The molecule has 0 fully saturated rings. The molecule has 4 rings (SSSR count). The molecule has 0 saturated heterocycles. The van der Waals surface area contributed by atoms with Crippen molar-refractivity contribution in [3.63, 3.8) is 0 Å². The number of rotatable bonds is 4. The molecule has 1 aliphatic heterocycles.